The molecular weight excluding hydrogens is 203 g/mol. The van der Waals surface area contributed by atoms with E-state index in [1.54, 1.807) is 20.8 Å². The van der Waals surface area contributed by atoms with Gasteiger partial charge in [-0.3, -0.25) is 4.39 Å². The molecule has 0 aromatic heterocycles. The number of hydrogen-bond donors (Lipinski definition) is 1. The van der Waals surface area contributed by atoms with Crippen LogP contribution in [0.1, 0.15) is 20.8 Å². The first-order valence-corrected chi connectivity index (χ1v) is 4.74. The number of carbonyl (C=O) groups excluding carboxylic acids is 1. The minimum absolute atomic E-state index is 0.0108. The van der Waals surface area contributed by atoms with E-state index in [2.05, 4.69) is 10.5 Å². The summed E-state index contributed by atoms with van der Waals surface area (Å²) < 4.78 is 17.3. The number of carbonyl (C=O) groups is 1. The third kappa shape index (κ3) is 2.65. The summed E-state index contributed by atoms with van der Waals surface area (Å²) in [7, 11) is 0. The topological polar surface area (TPSA) is 59.9 Å². The summed E-state index contributed by atoms with van der Waals surface area (Å²) in [5.74, 6) is -0.599. The van der Waals surface area contributed by atoms with E-state index < -0.39 is 24.3 Å². The van der Waals surface area contributed by atoms with Crippen LogP contribution in [-0.2, 0) is 14.4 Å². The molecule has 1 atom stereocenters. The normalized spacial score (nSPS) is 20.8. The Balaban J connectivity index is 2.66. The van der Waals surface area contributed by atoms with Crippen molar-refractivity contribution in [3.05, 3.63) is 0 Å². The molecule has 1 rings (SSSR count). The Kier molecular flexibility index (Phi) is 3.62. The maximum atomic E-state index is 12.6. The summed E-state index contributed by atoms with van der Waals surface area (Å²) in [6.45, 7) is 4.70. The van der Waals surface area contributed by atoms with Gasteiger partial charge in [-0.25, -0.2) is 20.1 Å². The van der Waals surface area contributed by atoms with Gasteiger partial charge in [0, 0.05) is 5.41 Å². The van der Waals surface area contributed by atoms with Gasteiger partial charge in [0.15, 0.2) is 6.23 Å². The van der Waals surface area contributed by atoms with E-state index in [0.717, 1.165) is 0 Å². The molecule has 5 nitrogen and oxygen atoms in total. The smallest absolute Gasteiger partial charge is 0.375 e. The van der Waals surface area contributed by atoms with Crippen molar-refractivity contribution >= 4 is 11.8 Å². The highest BCUT2D eigenvalue weighted by molar-refractivity contribution is 6.35. The van der Waals surface area contributed by atoms with Gasteiger partial charge in [-0.15, -0.1) is 0 Å². The average molecular weight is 218 g/mol. The van der Waals surface area contributed by atoms with Crippen molar-refractivity contribution in [2.24, 2.45) is 10.4 Å². The van der Waals surface area contributed by atoms with Gasteiger partial charge in [-0.05, 0) is 6.92 Å². The standard InChI is InChI=1S/C9H15FN2O3/c1-4-14-7(13)6-11-8(15-12-6)9(2,3)5-10/h8H,4-5H2,1-3H3,(H,11,12). The van der Waals surface area contributed by atoms with Crippen LogP contribution in [0.25, 0.3) is 0 Å². The predicted octanol–water partition coefficient (Wildman–Crippen LogP) is 0.805. The predicted molar refractivity (Wildman–Crippen MR) is 51.8 cm³/mol. The maximum Gasteiger partial charge on any atom is 0.375 e. The molecule has 0 saturated heterocycles. The Labute approximate surface area is 87.6 Å². The Hall–Kier alpha value is -1.17. The van der Waals surface area contributed by atoms with Crippen LogP contribution in [0, 0.1) is 5.41 Å². The lowest BCUT2D eigenvalue weighted by molar-refractivity contribution is -0.135. The van der Waals surface area contributed by atoms with Crippen molar-refractivity contribution in [3.8, 4) is 0 Å². The van der Waals surface area contributed by atoms with E-state index in [-0.39, 0.29) is 12.4 Å². The number of rotatable bonds is 4. The Bertz CT molecular complexity index is 279. The molecule has 1 aliphatic rings. The zero-order valence-corrected chi connectivity index (χ0v) is 9.04. The molecule has 0 fully saturated rings. The number of aliphatic imine (C=N–C) groups is 1. The van der Waals surface area contributed by atoms with Gasteiger partial charge < -0.3 is 4.74 Å². The highest BCUT2D eigenvalue weighted by Crippen LogP contribution is 2.26. The zero-order chi connectivity index (χ0) is 11.5. The summed E-state index contributed by atoms with van der Waals surface area (Å²) in [4.78, 5) is 20.1. The van der Waals surface area contributed by atoms with Crippen LogP contribution in [0.4, 0.5) is 4.39 Å². The number of alkyl halides is 1. The molecule has 0 aromatic rings. The molecule has 6 heteroatoms. The molecule has 86 valence electrons. The van der Waals surface area contributed by atoms with Crippen LogP contribution in [0.5, 0.6) is 0 Å². The SMILES string of the molecule is CCOC(=O)C1=NC(C(C)(C)CF)ON1. The second kappa shape index (κ2) is 4.57. The van der Waals surface area contributed by atoms with E-state index in [1.165, 1.54) is 0 Å². The molecule has 0 aromatic carbocycles. The van der Waals surface area contributed by atoms with Gasteiger partial charge in [0.25, 0.3) is 0 Å². The highest BCUT2D eigenvalue weighted by Gasteiger charge is 2.36. The number of halogens is 1. The van der Waals surface area contributed by atoms with Gasteiger partial charge >= 0.3 is 5.97 Å². The van der Waals surface area contributed by atoms with Crippen molar-refractivity contribution in [3.63, 3.8) is 0 Å². The number of hydroxylamine groups is 1. The lowest BCUT2D eigenvalue weighted by Crippen LogP contribution is -2.32. The van der Waals surface area contributed by atoms with Gasteiger partial charge in [0.05, 0.1) is 13.3 Å². The molecule has 0 radical (unpaired) electrons. The number of nitrogens with zero attached hydrogens (tertiary/aromatic N) is 1. The minimum Gasteiger partial charge on any atom is -0.460 e. The first-order valence-electron chi connectivity index (χ1n) is 4.74. The third-order valence-corrected chi connectivity index (χ3v) is 2.00. The van der Waals surface area contributed by atoms with Gasteiger partial charge in [0.1, 0.15) is 0 Å². The van der Waals surface area contributed by atoms with E-state index in [0.29, 0.717) is 0 Å². The number of amidine groups is 1. The second-order valence-corrected chi connectivity index (χ2v) is 3.89. The number of nitrogens with one attached hydrogen (secondary N) is 1. The zero-order valence-electron chi connectivity index (χ0n) is 9.04. The number of esters is 1. The average Bonchev–Trinajstić information content (AvgIpc) is 2.67. The van der Waals surface area contributed by atoms with Gasteiger partial charge in [-0.1, -0.05) is 13.8 Å². The molecule has 1 N–H and O–H groups in total. The van der Waals surface area contributed by atoms with Crippen LogP contribution in [0.3, 0.4) is 0 Å². The molecule has 0 aliphatic carbocycles. The van der Waals surface area contributed by atoms with Gasteiger partial charge in [0.2, 0.25) is 5.84 Å². The Morgan fingerprint density at radius 1 is 1.73 bits per heavy atom. The first kappa shape index (κ1) is 11.9. The maximum absolute atomic E-state index is 12.6. The molecule has 0 bridgehead atoms. The first-order chi connectivity index (χ1) is 7.01. The largest absolute Gasteiger partial charge is 0.460 e. The van der Waals surface area contributed by atoms with Crippen LogP contribution in [0.2, 0.25) is 0 Å². The monoisotopic (exact) mass is 218 g/mol. The molecule has 1 aliphatic heterocycles. The molecule has 15 heavy (non-hydrogen) atoms. The van der Waals surface area contributed by atoms with E-state index in [1.807, 2.05) is 0 Å². The summed E-state index contributed by atoms with van der Waals surface area (Å²) in [5, 5.41) is 0. The van der Waals surface area contributed by atoms with Crippen LogP contribution >= 0.6 is 0 Å². The summed E-state index contributed by atoms with van der Waals surface area (Å²) in [6, 6.07) is 0. The van der Waals surface area contributed by atoms with E-state index >= 15 is 0 Å². The van der Waals surface area contributed by atoms with Crippen molar-refractivity contribution in [1.29, 1.82) is 0 Å². The number of ether oxygens (including phenoxy) is 1. The van der Waals surface area contributed by atoms with Crippen LogP contribution in [-0.4, -0.2) is 31.3 Å². The van der Waals surface area contributed by atoms with Gasteiger partial charge in [-0.2, -0.15) is 0 Å². The third-order valence-electron chi connectivity index (χ3n) is 2.00. The molecule has 1 unspecified atom stereocenters. The Morgan fingerprint density at radius 2 is 2.40 bits per heavy atom. The molecule has 0 spiro atoms. The van der Waals surface area contributed by atoms with Crippen molar-refractivity contribution in [2.45, 2.75) is 27.0 Å². The fourth-order valence-corrected chi connectivity index (χ4v) is 0.976. The fraction of sp³-hybridized carbons (Fsp3) is 0.778. The molecule has 0 amide bonds. The lowest BCUT2D eigenvalue weighted by atomic mass is 9.93. The number of hydrogen-bond acceptors (Lipinski definition) is 5. The second-order valence-electron chi connectivity index (χ2n) is 3.89. The summed E-state index contributed by atoms with van der Waals surface area (Å²) in [6.07, 6.45) is -0.707. The minimum atomic E-state index is -0.763. The highest BCUT2D eigenvalue weighted by atomic mass is 19.1. The fourth-order valence-electron chi connectivity index (χ4n) is 0.976. The molecule has 0 saturated carbocycles. The Morgan fingerprint density at radius 3 is 2.93 bits per heavy atom. The van der Waals surface area contributed by atoms with E-state index in [9.17, 15) is 9.18 Å². The van der Waals surface area contributed by atoms with Crippen molar-refractivity contribution in [1.82, 2.24) is 5.48 Å². The van der Waals surface area contributed by atoms with Crippen LogP contribution < -0.4 is 5.48 Å². The quantitative estimate of drug-likeness (QED) is 0.709. The summed E-state index contributed by atoms with van der Waals surface area (Å²) >= 11 is 0. The lowest BCUT2D eigenvalue weighted by Gasteiger charge is -2.23. The molecular formula is C9H15FN2O3. The summed E-state index contributed by atoms with van der Waals surface area (Å²) in [5.41, 5.74) is 1.58. The van der Waals surface area contributed by atoms with Crippen molar-refractivity contribution in [2.75, 3.05) is 13.3 Å². The molecule has 1 heterocycles. The van der Waals surface area contributed by atoms with Crippen molar-refractivity contribution < 1.29 is 18.8 Å². The van der Waals surface area contributed by atoms with Crippen LogP contribution in [0.15, 0.2) is 4.99 Å². The van der Waals surface area contributed by atoms with E-state index in [4.69, 9.17) is 9.57 Å².